The standard InChI is InChI=1S/C24H20F2IN5O.C15H9ClF2N2/c1-14-23(18-4-2-3-5-28-18)31-20-11-15(25)10-16(26)22(20)24(14)30-19-12-21(29-13-17(19)27)32-6-8-33-9-7-32;1-8-14(16)13-10(18)6-9(17)7-12(13)20-15(8)11-4-2-3-5-19-11/h2-5,10-13H,6-9H2,1H3,(H,29,30,31);2-7H,1H3. The number of anilines is 3. The molecule has 6 heterocycles. The van der Waals surface area contributed by atoms with Gasteiger partial charge in [0.25, 0.3) is 0 Å². The Balaban J connectivity index is 0.000000186. The summed E-state index contributed by atoms with van der Waals surface area (Å²) in [5.74, 6) is -1.94. The van der Waals surface area contributed by atoms with E-state index in [0.29, 0.717) is 52.8 Å². The van der Waals surface area contributed by atoms with E-state index in [-0.39, 0.29) is 26.8 Å². The summed E-state index contributed by atoms with van der Waals surface area (Å²) in [7, 11) is 0. The van der Waals surface area contributed by atoms with E-state index < -0.39 is 23.3 Å². The summed E-state index contributed by atoms with van der Waals surface area (Å²) in [4.78, 5) is 24.2. The molecule has 2 aromatic carbocycles. The van der Waals surface area contributed by atoms with Crippen LogP contribution in [0, 0.1) is 40.7 Å². The summed E-state index contributed by atoms with van der Waals surface area (Å²) >= 11 is 8.40. The van der Waals surface area contributed by atoms with Crippen molar-refractivity contribution >= 4 is 73.2 Å². The van der Waals surface area contributed by atoms with Crippen molar-refractivity contribution in [1.82, 2.24) is 24.9 Å². The van der Waals surface area contributed by atoms with E-state index in [1.165, 1.54) is 6.07 Å². The molecule has 1 aliphatic rings. The summed E-state index contributed by atoms with van der Waals surface area (Å²) in [6.07, 6.45) is 5.07. The average Bonchev–Trinajstić information content (AvgIpc) is 3.16. The van der Waals surface area contributed by atoms with Crippen LogP contribution in [0.15, 0.2) is 85.3 Å². The molecule has 7 aromatic rings. The van der Waals surface area contributed by atoms with Crippen LogP contribution in [0.25, 0.3) is 44.6 Å². The molecule has 268 valence electrons. The predicted octanol–water partition coefficient (Wildman–Crippen LogP) is 10.0. The Morgan fingerprint density at radius 2 is 1.30 bits per heavy atom. The second-order valence-electron chi connectivity index (χ2n) is 12.1. The van der Waals surface area contributed by atoms with Crippen molar-refractivity contribution in [2.45, 2.75) is 13.8 Å². The monoisotopic (exact) mass is 849 g/mol. The molecular weight excluding hydrogens is 821 g/mol. The Kier molecular flexibility index (Phi) is 10.7. The lowest BCUT2D eigenvalue weighted by atomic mass is 10.0. The quantitative estimate of drug-likeness (QED) is 0.135. The van der Waals surface area contributed by atoms with E-state index in [1.807, 2.05) is 37.3 Å². The van der Waals surface area contributed by atoms with Crippen molar-refractivity contribution in [3.8, 4) is 22.8 Å². The summed E-state index contributed by atoms with van der Waals surface area (Å²) in [5.41, 5.74) is 5.35. The third-order valence-corrected chi connectivity index (χ3v) is 10.00. The smallest absolute Gasteiger partial charge is 0.137 e. The SMILES string of the molecule is Cc1c(-c2ccccn2)nc2cc(F)cc(F)c2c1Cl.Cc1c(-c2ccccn2)nc2cc(F)cc(F)c2c1Nc1cc(N2CCOCC2)ncc1I. The molecule has 0 spiro atoms. The van der Waals surface area contributed by atoms with Crippen LogP contribution in [0.1, 0.15) is 11.1 Å². The third kappa shape index (κ3) is 7.59. The normalized spacial score (nSPS) is 12.9. The minimum absolute atomic E-state index is 0.130. The summed E-state index contributed by atoms with van der Waals surface area (Å²) in [6, 6.07) is 16.9. The number of halogens is 6. The van der Waals surface area contributed by atoms with Gasteiger partial charge in [0.15, 0.2) is 0 Å². The first-order chi connectivity index (χ1) is 25.6. The Morgan fingerprint density at radius 3 is 1.89 bits per heavy atom. The maximum Gasteiger partial charge on any atom is 0.137 e. The zero-order valence-corrected chi connectivity index (χ0v) is 31.2. The Labute approximate surface area is 320 Å². The van der Waals surface area contributed by atoms with Gasteiger partial charge in [-0.25, -0.2) is 32.5 Å². The fourth-order valence-corrected chi connectivity index (χ4v) is 6.76. The second-order valence-corrected chi connectivity index (χ2v) is 13.6. The summed E-state index contributed by atoms with van der Waals surface area (Å²) in [5, 5.41) is 3.99. The van der Waals surface area contributed by atoms with Crippen molar-refractivity contribution < 1.29 is 22.3 Å². The topological polar surface area (TPSA) is 89.0 Å². The highest BCUT2D eigenvalue weighted by Gasteiger charge is 2.21. The molecule has 0 radical (unpaired) electrons. The first kappa shape index (κ1) is 36.4. The van der Waals surface area contributed by atoms with E-state index in [0.717, 1.165) is 46.4 Å². The molecule has 14 heteroatoms. The Bertz CT molecular complexity index is 2470. The molecule has 5 aromatic heterocycles. The maximum absolute atomic E-state index is 15.0. The number of aromatic nitrogens is 5. The van der Waals surface area contributed by atoms with Crippen molar-refractivity contribution in [3.05, 3.63) is 128 Å². The lowest BCUT2D eigenvalue weighted by Crippen LogP contribution is -2.36. The Hall–Kier alpha value is -4.99. The van der Waals surface area contributed by atoms with Crippen LogP contribution in [0.4, 0.5) is 34.8 Å². The highest BCUT2D eigenvalue weighted by atomic mass is 127. The number of rotatable bonds is 5. The number of benzene rings is 2. The van der Waals surface area contributed by atoms with E-state index in [1.54, 1.807) is 37.6 Å². The average molecular weight is 850 g/mol. The number of hydrogen-bond acceptors (Lipinski definition) is 8. The fraction of sp³-hybridized carbons (Fsp3) is 0.154. The minimum atomic E-state index is -0.715. The van der Waals surface area contributed by atoms with E-state index in [9.17, 15) is 13.2 Å². The molecule has 0 unspecified atom stereocenters. The molecule has 1 saturated heterocycles. The molecule has 53 heavy (non-hydrogen) atoms. The number of pyridine rings is 5. The van der Waals surface area contributed by atoms with Crippen molar-refractivity contribution in [2.75, 3.05) is 36.5 Å². The van der Waals surface area contributed by atoms with Crippen LogP contribution in [-0.2, 0) is 4.74 Å². The van der Waals surface area contributed by atoms with Crippen molar-refractivity contribution in [3.63, 3.8) is 0 Å². The zero-order valence-electron chi connectivity index (χ0n) is 28.3. The summed E-state index contributed by atoms with van der Waals surface area (Å²) in [6.45, 7) is 6.40. The number of hydrogen-bond donors (Lipinski definition) is 1. The number of nitrogens with zero attached hydrogens (tertiary/aromatic N) is 6. The third-order valence-electron chi connectivity index (χ3n) is 8.67. The minimum Gasteiger partial charge on any atom is -0.378 e. The molecule has 1 aliphatic heterocycles. The number of fused-ring (bicyclic) bond motifs is 2. The van der Waals surface area contributed by atoms with E-state index in [4.69, 9.17) is 16.3 Å². The molecule has 0 saturated carbocycles. The van der Waals surface area contributed by atoms with Gasteiger partial charge in [-0.1, -0.05) is 23.7 Å². The van der Waals surface area contributed by atoms with Crippen LogP contribution in [0.2, 0.25) is 5.02 Å². The molecule has 8 rings (SSSR count). The van der Waals surface area contributed by atoms with Crippen LogP contribution in [0.5, 0.6) is 0 Å². The second kappa shape index (κ2) is 15.5. The molecule has 0 amide bonds. The Morgan fingerprint density at radius 1 is 0.736 bits per heavy atom. The van der Waals surface area contributed by atoms with Gasteiger partial charge >= 0.3 is 0 Å². The van der Waals surface area contributed by atoms with Gasteiger partial charge in [0.05, 0.1) is 77.8 Å². The first-order valence-corrected chi connectivity index (χ1v) is 17.9. The van der Waals surface area contributed by atoms with E-state index in [2.05, 4.69) is 57.7 Å². The maximum atomic E-state index is 15.0. The van der Waals surface area contributed by atoms with Gasteiger partial charge in [0.2, 0.25) is 0 Å². The number of ether oxygens (including phenoxy) is 1. The largest absolute Gasteiger partial charge is 0.378 e. The fourth-order valence-electron chi connectivity index (χ4n) is 6.05. The molecular formula is C39H29ClF4IN7O. The number of nitrogens with one attached hydrogen (secondary N) is 1. The van der Waals surface area contributed by atoms with Crippen molar-refractivity contribution in [1.29, 1.82) is 0 Å². The molecule has 0 aliphatic carbocycles. The predicted molar refractivity (Wildman–Crippen MR) is 208 cm³/mol. The van der Waals surface area contributed by atoms with Gasteiger partial charge in [-0.2, -0.15) is 0 Å². The van der Waals surface area contributed by atoms with Gasteiger partial charge in [-0.05, 0) is 66.3 Å². The van der Waals surface area contributed by atoms with Crippen LogP contribution < -0.4 is 10.2 Å². The lowest BCUT2D eigenvalue weighted by molar-refractivity contribution is 0.122. The molecule has 0 bridgehead atoms. The molecule has 1 N–H and O–H groups in total. The van der Waals surface area contributed by atoms with Crippen LogP contribution in [0.3, 0.4) is 0 Å². The lowest BCUT2D eigenvalue weighted by Gasteiger charge is -2.28. The highest BCUT2D eigenvalue weighted by Crippen LogP contribution is 2.38. The number of morpholine rings is 1. The van der Waals surface area contributed by atoms with Crippen LogP contribution >= 0.6 is 34.2 Å². The van der Waals surface area contributed by atoms with Crippen molar-refractivity contribution in [2.24, 2.45) is 0 Å². The van der Waals surface area contributed by atoms with Gasteiger partial charge in [0.1, 0.15) is 29.1 Å². The zero-order chi connectivity index (χ0) is 37.2. The molecule has 0 atom stereocenters. The van der Waals surface area contributed by atoms with Gasteiger partial charge in [-0.15, -0.1) is 0 Å². The summed E-state index contributed by atoms with van der Waals surface area (Å²) < 4.78 is 62.6. The molecule has 8 nitrogen and oxygen atoms in total. The first-order valence-electron chi connectivity index (χ1n) is 16.4. The van der Waals surface area contributed by atoms with Gasteiger partial charge in [0, 0.05) is 67.6 Å². The van der Waals surface area contributed by atoms with Crippen LogP contribution in [-0.4, -0.2) is 51.2 Å². The molecule has 1 fully saturated rings. The van der Waals surface area contributed by atoms with Gasteiger partial charge < -0.3 is 15.0 Å². The van der Waals surface area contributed by atoms with Gasteiger partial charge in [-0.3, -0.25) is 9.97 Å². The highest BCUT2D eigenvalue weighted by molar-refractivity contribution is 14.1. The van der Waals surface area contributed by atoms with E-state index >= 15 is 4.39 Å².